The molecule has 4 heteroatoms. The molecule has 0 aliphatic carbocycles. The fourth-order valence-electron chi connectivity index (χ4n) is 1.70. The summed E-state index contributed by atoms with van der Waals surface area (Å²) in [6.45, 7) is 5.32. The lowest BCUT2D eigenvalue weighted by molar-refractivity contribution is 0.131. The Morgan fingerprint density at radius 2 is 2.42 bits per heavy atom. The van der Waals surface area contributed by atoms with Gasteiger partial charge in [-0.05, 0) is 20.3 Å². The van der Waals surface area contributed by atoms with Crippen molar-refractivity contribution in [1.29, 1.82) is 0 Å². The number of carbonyl (C=O) groups is 1. The second kappa shape index (κ2) is 3.76. The van der Waals surface area contributed by atoms with Crippen molar-refractivity contribution in [3.8, 4) is 0 Å². The van der Waals surface area contributed by atoms with Crippen LogP contribution in [-0.4, -0.2) is 41.3 Å². The third-order valence-corrected chi connectivity index (χ3v) is 2.35. The first-order valence-electron chi connectivity index (χ1n) is 4.38. The second-order valence-electron chi connectivity index (χ2n) is 3.27. The molecule has 0 spiro atoms. The van der Waals surface area contributed by atoms with E-state index in [-0.39, 0.29) is 6.04 Å². The molecule has 1 amide bonds. The van der Waals surface area contributed by atoms with Gasteiger partial charge in [0, 0.05) is 25.2 Å². The summed E-state index contributed by atoms with van der Waals surface area (Å²) in [5.41, 5.74) is 0. The molecule has 0 aromatic rings. The van der Waals surface area contributed by atoms with E-state index in [0.717, 1.165) is 13.0 Å². The van der Waals surface area contributed by atoms with Crippen LogP contribution in [0.25, 0.3) is 0 Å². The molecule has 0 bridgehead atoms. The molecule has 1 aliphatic heterocycles. The minimum absolute atomic E-state index is 0.169. The fraction of sp³-hybridized carbons (Fsp3) is 0.875. The van der Waals surface area contributed by atoms with Gasteiger partial charge in [-0.1, -0.05) is 0 Å². The summed E-state index contributed by atoms with van der Waals surface area (Å²) in [5.74, 6) is 0. The van der Waals surface area contributed by atoms with Gasteiger partial charge in [0.05, 0.1) is 0 Å². The van der Waals surface area contributed by atoms with E-state index < -0.39 is 6.09 Å². The Hall–Kier alpha value is -0.770. The predicted molar refractivity (Wildman–Crippen MR) is 46.3 cm³/mol. The van der Waals surface area contributed by atoms with Crippen LogP contribution >= 0.6 is 0 Å². The van der Waals surface area contributed by atoms with Gasteiger partial charge in [-0.3, -0.25) is 0 Å². The van der Waals surface area contributed by atoms with Crippen molar-refractivity contribution in [3.63, 3.8) is 0 Å². The highest BCUT2D eigenvalue weighted by Crippen LogP contribution is 2.12. The number of nitrogens with one attached hydrogen (secondary N) is 1. The molecule has 1 rings (SSSR count). The molecule has 1 saturated heterocycles. The Bertz CT molecular complexity index is 172. The lowest BCUT2D eigenvalue weighted by Gasteiger charge is -2.23. The summed E-state index contributed by atoms with van der Waals surface area (Å²) in [5, 5.41) is 12.1. The molecule has 1 fully saturated rings. The van der Waals surface area contributed by atoms with Gasteiger partial charge < -0.3 is 15.3 Å². The minimum Gasteiger partial charge on any atom is -0.465 e. The van der Waals surface area contributed by atoms with Crippen molar-refractivity contribution in [1.82, 2.24) is 10.2 Å². The Kier molecular flexibility index (Phi) is 2.92. The number of likely N-dealkylation sites (N-methyl/N-ethyl adjacent to an activating group) is 1. The minimum atomic E-state index is -0.807. The molecule has 4 nitrogen and oxygen atoms in total. The first-order chi connectivity index (χ1) is 5.65. The van der Waals surface area contributed by atoms with Crippen LogP contribution in [-0.2, 0) is 0 Å². The molecule has 2 N–H and O–H groups in total. The highest BCUT2D eigenvalue weighted by Gasteiger charge is 2.28. The molecule has 0 saturated carbocycles. The number of carboxylic acid groups (broad SMARTS) is 1. The fourth-order valence-corrected chi connectivity index (χ4v) is 1.70. The quantitative estimate of drug-likeness (QED) is 0.646. The smallest absolute Gasteiger partial charge is 0.407 e. The van der Waals surface area contributed by atoms with E-state index in [1.807, 2.05) is 6.92 Å². The SMILES string of the molecule is CCN(C(=O)O)[C@@H]1CN[C@H](C)C1. The number of amides is 1. The van der Waals surface area contributed by atoms with Crippen molar-refractivity contribution in [2.24, 2.45) is 0 Å². The zero-order valence-electron chi connectivity index (χ0n) is 7.58. The van der Waals surface area contributed by atoms with E-state index >= 15 is 0 Å². The summed E-state index contributed by atoms with van der Waals surface area (Å²) in [4.78, 5) is 12.2. The Morgan fingerprint density at radius 1 is 1.75 bits per heavy atom. The van der Waals surface area contributed by atoms with Crippen LogP contribution in [0.5, 0.6) is 0 Å². The van der Waals surface area contributed by atoms with Gasteiger partial charge in [0.2, 0.25) is 0 Å². The zero-order valence-corrected chi connectivity index (χ0v) is 7.58. The van der Waals surface area contributed by atoms with Crippen LogP contribution in [0.2, 0.25) is 0 Å². The molecular formula is C8H16N2O2. The summed E-state index contributed by atoms with van der Waals surface area (Å²) in [7, 11) is 0. The molecule has 12 heavy (non-hydrogen) atoms. The lowest BCUT2D eigenvalue weighted by atomic mass is 10.2. The second-order valence-corrected chi connectivity index (χ2v) is 3.27. The van der Waals surface area contributed by atoms with Crippen molar-refractivity contribution >= 4 is 6.09 Å². The first-order valence-corrected chi connectivity index (χ1v) is 4.38. The summed E-state index contributed by atoms with van der Waals surface area (Å²) >= 11 is 0. The Labute approximate surface area is 72.6 Å². The predicted octanol–water partition coefficient (Wildman–Crippen LogP) is 0.737. The van der Waals surface area contributed by atoms with Gasteiger partial charge >= 0.3 is 6.09 Å². The average molecular weight is 172 g/mol. The molecule has 1 aliphatic rings. The Morgan fingerprint density at radius 3 is 2.75 bits per heavy atom. The summed E-state index contributed by atoms with van der Waals surface area (Å²) < 4.78 is 0. The molecule has 2 atom stereocenters. The van der Waals surface area contributed by atoms with Crippen LogP contribution in [0.15, 0.2) is 0 Å². The van der Waals surface area contributed by atoms with Crippen LogP contribution in [0.3, 0.4) is 0 Å². The van der Waals surface area contributed by atoms with Crippen molar-refractivity contribution in [3.05, 3.63) is 0 Å². The van der Waals surface area contributed by atoms with Crippen molar-refractivity contribution in [2.75, 3.05) is 13.1 Å². The van der Waals surface area contributed by atoms with E-state index in [1.54, 1.807) is 0 Å². The topological polar surface area (TPSA) is 52.6 Å². The van der Waals surface area contributed by atoms with Gasteiger partial charge in [0.1, 0.15) is 0 Å². The molecule has 0 unspecified atom stereocenters. The summed E-state index contributed by atoms with van der Waals surface area (Å²) in [6.07, 6.45) is 0.124. The maximum atomic E-state index is 10.7. The highest BCUT2D eigenvalue weighted by molar-refractivity contribution is 5.65. The van der Waals surface area contributed by atoms with Crippen LogP contribution in [0.4, 0.5) is 4.79 Å². The van der Waals surface area contributed by atoms with E-state index in [9.17, 15) is 4.79 Å². The highest BCUT2D eigenvalue weighted by atomic mass is 16.4. The molecule has 0 aromatic carbocycles. The number of hydrogen-bond acceptors (Lipinski definition) is 2. The van der Waals surface area contributed by atoms with Crippen molar-refractivity contribution in [2.45, 2.75) is 32.4 Å². The molecule has 1 heterocycles. The third kappa shape index (κ3) is 1.88. The van der Waals surface area contributed by atoms with Crippen LogP contribution in [0, 0.1) is 0 Å². The van der Waals surface area contributed by atoms with E-state index in [2.05, 4.69) is 12.2 Å². The zero-order chi connectivity index (χ0) is 9.14. The molecule has 70 valence electrons. The first kappa shape index (κ1) is 9.32. The number of rotatable bonds is 2. The van der Waals surface area contributed by atoms with Crippen LogP contribution in [0.1, 0.15) is 20.3 Å². The molecular weight excluding hydrogens is 156 g/mol. The van der Waals surface area contributed by atoms with Gasteiger partial charge in [-0.25, -0.2) is 4.79 Å². The van der Waals surface area contributed by atoms with E-state index in [1.165, 1.54) is 4.90 Å². The normalized spacial score (nSPS) is 28.8. The van der Waals surface area contributed by atoms with Gasteiger partial charge in [-0.2, -0.15) is 0 Å². The maximum absolute atomic E-state index is 10.7. The van der Waals surface area contributed by atoms with E-state index in [0.29, 0.717) is 12.6 Å². The molecule has 0 aromatic heterocycles. The van der Waals surface area contributed by atoms with Gasteiger partial charge in [0.25, 0.3) is 0 Å². The standard InChI is InChI=1S/C8H16N2O2/c1-3-10(8(11)12)7-4-6(2)9-5-7/h6-7,9H,3-5H2,1-2H3,(H,11,12)/t6-,7+/m1/s1. The largest absolute Gasteiger partial charge is 0.465 e. The summed E-state index contributed by atoms with van der Waals surface area (Å²) in [6, 6.07) is 0.617. The van der Waals surface area contributed by atoms with Crippen LogP contribution < -0.4 is 5.32 Å². The Balaban J connectivity index is 2.49. The van der Waals surface area contributed by atoms with Gasteiger partial charge in [-0.15, -0.1) is 0 Å². The van der Waals surface area contributed by atoms with Gasteiger partial charge in [0.15, 0.2) is 0 Å². The van der Waals surface area contributed by atoms with E-state index in [4.69, 9.17) is 5.11 Å². The number of hydrogen-bond donors (Lipinski definition) is 2. The average Bonchev–Trinajstić information content (AvgIpc) is 2.37. The third-order valence-electron chi connectivity index (χ3n) is 2.35. The monoisotopic (exact) mass is 172 g/mol. The lowest BCUT2D eigenvalue weighted by Crippen LogP contribution is -2.40. The number of nitrogens with zero attached hydrogens (tertiary/aromatic N) is 1. The maximum Gasteiger partial charge on any atom is 0.407 e. The van der Waals surface area contributed by atoms with Crippen molar-refractivity contribution < 1.29 is 9.90 Å². The molecule has 0 radical (unpaired) electrons.